The summed E-state index contributed by atoms with van der Waals surface area (Å²) in [6, 6.07) is 0.390. The summed E-state index contributed by atoms with van der Waals surface area (Å²) < 4.78 is 0. The van der Waals surface area contributed by atoms with Crippen molar-refractivity contribution in [2.45, 2.75) is 72.9 Å². The fourth-order valence-electron chi connectivity index (χ4n) is 3.28. The van der Waals surface area contributed by atoms with Gasteiger partial charge in [-0.05, 0) is 25.2 Å². The van der Waals surface area contributed by atoms with Crippen LogP contribution in [0.25, 0.3) is 0 Å². The molecule has 0 aromatic rings. The second-order valence-corrected chi connectivity index (χ2v) is 10.2. The fourth-order valence-corrected chi connectivity index (χ4v) is 3.28. The maximum atomic E-state index is 12.5. The van der Waals surface area contributed by atoms with Crippen LogP contribution in [0.2, 0.25) is 0 Å². The van der Waals surface area contributed by atoms with E-state index in [-0.39, 0.29) is 30.7 Å². The molecule has 0 radical (unpaired) electrons. The number of nitrogens with zero attached hydrogens (tertiary/aromatic N) is 1. The Morgan fingerprint density at radius 3 is 2.36 bits per heavy atom. The molecule has 9 nitrogen and oxygen atoms in total. The zero-order valence-corrected chi connectivity index (χ0v) is 20.7. The average Bonchev–Trinajstić information content (AvgIpc) is 3.05. The minimum Gasteiger partial charge on any atom is -0.355 e. The van der Waals surface area contributed by atoms with Crippen molar-refractivity contribution in [3.05, 3.63) is 12.2 Å². The second-order valence-electron chi connectivity index (χ2n) is 10.2. The number of carbonyl (C=O) groups is 4. The number of nitrogens with one attached hydrogen (secondary N) is 4. The molecule has 9 heteroatoms. The Morgan fingerprint density at radius 2 is 1.79 bits per heavy atom. The van der Waals surface area contributed by atoms with Crippen molar-refractivity contribution in [3.8, 4) is 6.07 Å². The maximum Gasteiger partial charge on any atom is 0.243 e. The van der Waals surface area contributed by atoms with Gasteiger partial charge >= 0.3 is 0 Å². The highest BCUT2D eigenvalue weighted by molar-refractivity contribution is 5.91. The van der Waals surface area contributed by atoms with Gasteiger partial charge in [0, 0.05) is 23.8 Å². The third-order valence-electron chi connectivity index (χ3n) is 5.08. The molecule has 184 valence electrons. The Morgan fingerprint density at radius 1 is 1.15 bits per heavy atom. The first-order valence-electron chi connectivity index (χ1n) is 11.6. The van der Waals surface area contributed by atoms with Gasteiger partial charge in [0.15, 0.2) is 0 Å². The van der Waals surface area contributed by atoms with E-state index in [4.69, 9.17) is 0 Å². The molecule has 2 aliphatic heterocycles. The molecule has 4 atom stereocenters. The van der Waals surface area contributed by atoms with Crippen LogP contribution in [-0.2, 0) is 19.2 Å². The van der Waals surface area contributed by atoms with Crippen LogP contribution < -0.4 is 21.3 Å². The van der Waals surface area contributed by atoms with Crippen LogP contribution in [0.3, 0.4) is 0 Å². The Hall–Kier alpha value is -2.89. The summed E-state index contributed by atoms with van der Waals surface area (Å²) in [5.41, 5.74) is -0.657. The molecule has 0 saturated carbocycles. The largest absolute Gasteiger partial charge is 0.355 e. The Kier molecular flexibility index (Phi) is 11.1. The molecule has 2 rings (SSSR count). The van der Waals surface area contributed by atoms with Gasteiger partial charge < -0.3 is 21.3 Å². The van der Waals surface area contributed by atoms with Crippen LogP contribution in [0.1, 0.15) is 60.8 Å². The van der Waals surface area contributed by atoms with Crippen molar-refractivity contribution < 1.29 is 19.2 Å². The van der Waals surface area contributed by atoms with Gasteiger partial charge in [0.25, 0.3) is 0 Å². The molecule has 4 unspecified atom stereocenters. The third-order valence-corrected chi connectivity index (χ3v) is 5.08. The van der Waals surface area contributed by atoms with E-state index in [9.17, 15) is 24.4 Å². The minimum absolute atomic E-state index is 0.0883. The number of fused-ring (bicyclic) bond motifs is 1. The van der Waals surface area contributed by atoms with Crippen molar-refractivity contribution in [2.24, 2.45) is 23.2 Å². The summed E-state index contributed by atoms with van der Waals surface area (Å²) in [6.07, 6.45) is 4.90. The van der Waals surface area contributed by atoms with E-state index in [0.29, 0.717) is 19.4 Å². The highest BCUT2D eigenvalue weighted by Crippen LogP contribution is 2.25. The molecule has 1 saturated heterocycles. The number of allylic oxidation sites excluding steroid dienone is 1. The third kappa shape index (κ3) is 10.1. The number of nitriles is 1. The molecular weight excluding hydrogens is 422 g/mol. The standard InChI is InChI=1S/C20H29N5O4.C4H10/c1-20(2,3)19(29)25-15-7-5-4-6-12-10-22-17(27)14(12)8-13(9-21)24-16(26)11-23-18(15)28;1-4(2)3/h4,6,12-15H,5,7-8,10-11H2,1-3H3,(H,22,27)(H,23,28)(H,24,26)(H,25,29);4H,1-3H3/b6-4-;. The Balaban J connectivity index is 0.00000125. The quantitative estimate of drug-likeness (QED) is 0.437. The normalized spacial score (nSPS) is 27.4. The molecular formula is C24H39N5O4. The first-order valence-corrected chi connectivity index (χ1v) is 11.6. The topological polar surface area (TPSA) is 140 Å². The predicted molar refractivity (Wildman–Crippen MR) is 125 cm³/mol. The fraction of sp³-hybridized carbons (Fsp3) is 0.708. The van der Waals surface area contributed by atoms with E-state index in [2.05, 4.69) is 42.0 Å². The zero-order valence-electron chi connectivity index (χ0n) is 20.7. The lowest BCUT2D eigenvalue weighted by atomic mass is 9.88. The molecule has 2 aliphatic rings. The van der Waals surface area contributed by atoms with Gasteiger partial charge in [-0.15, -0.1) is 0 Å². The molecule has 33 heavy (non-hydrogen) atoms. The molecule has 0 bridgehead atoms. The lowest BCUT2D eigenvalue weighted by molar-refractivity contribution is -0.134. The molecule has 0 spiro atoms. The van der Waals surface area contributed by atoms with E-state index in [0.717, 1.165) is 5.92 Å². The lowest BCUT2D eigenvalue weighted by Gasteiger charge is -2.24. The summed E-state index contributed by atoms with van der Waals surface area (Å²) in [5.74, 6) is -1.02. The highest BCUT2D eigenvalue weighted by atomic mass is 16.2. The summed E-state index contributed by atoms with van der Waals surface area (Å²) >= 11 is 0. The lowest BCUT2D eigenvalue weighted by Crippen LogP contribution is -2.52. The predicted octanol–water partition coefficient (Wildman–Crippen LogP) is 1.41. The van der Waals surface area contributed by atoms with Crippen LogP contribution in [0.15, 0.2) is 12.2 Å². The molecule has 4 N–H and O–H groups in total. The van der Waals surface area contributed by atoms with Crippen LogP contribution in [0.4, 0.5) is 0 Å². The monoisotopic (exact) mass is 461 g/mol. The smallest absolute Gasteiger partial charge is 0.243 e. The van der Waals surface area contributed by atoms with Crippen molar-refractivity contribution >= 4 is 23.6 Å². The number of rotatable bonds is 1. The summed E-state index contributed by atoms with van der Waals surface area (Å²) in [4.78, 5) is 49.1. The van der Waals surface area contributed by atoms with Crippen molar-refractivity contribution in [3.63, 3.8) is 0 Å². The van der Waals surface area contributed by atoms with E-state index in [1.54, 1.807) is 20.8 Å². The van der Waals surface area contributed by atoms with E-state index < -0.39 is 35.2 Å². The molecule has 0 aliphatic carbocycles. The zero-order chi connectivity index (χ0) is 25.2. The highest BCUT2D eigenvalue weighted by Gasteiger charge is 2.35. The van der Waals surface area contributed by atoms with Crippen LogP contribution in [0, 0.1) is 34.5 Å². The second kappa shape index (κ2) is 13.0. The Labute approximate surface area is 197 Å². The van der Waals surface area contributed by atoms with Gasteiger partial charge in [0.1, 0.15) is 12.1 Å². The number of hydrogen-bond acceptors (Lipinski definition) is 5. The van der Waals surface area contributed by atoms with Crippen molar-refractivity contribution in [2.75, 3.05) is 13.1 Å². The van der Waals surface area contributed by atoms with Gasteiger partial charge in [-0.25, -0.2) is 0 Å². The minimum atomic E-state index is -0.830. The molecule has 4 amide bonds. The number of hydrogen-bond donors (Lipinski definition) is 4. The van der Waals surface area contributed by atoms with Gasteiger partial charge in [-0.2, -0.15) is 5.26 Å². The summed E-state index contributed by atoms with van der Waals surface area (Å²) in [7, 11) is 0. The molecule has 0 aromatic carbocycles. The number of amides is 4. The van der Waals surface area contributed by atoms with Crippen molar-refractivity contribution in [1.82, 2.24) is 21.3 Å². The van der Waals surface area contributed by atoms with Crippen LogP contribution in [0.5, 0.6) is 0 Å². The van der Waals surface area contributed by atoms with E-state index >= 15 is 0 Å². The van der Waals surface area contributed by atoms with Gasteiger partial charge in [0.05, 0.1) is 12.6 Å². The molecule has 0 aromatic heterocycles. The average molecular weight is 462 g/mol. The summed E-state index contributed by atoms with van der Waals surface area (Å²) in [5, 5.41) is 19.9. The first kappa shape index (κ1) is 28.1. The van der Waals surface area contributed by atoms with Gasteiger partial charge in [0.2, 0.25) is 23.6 Å². The Bertz CT molecular complexity index is 776. The maximum absolute atomic E-state index is 12.5. The van der Waals surface area contributed by atoms with Gasteiger partial charge in [-0.1, -0.05) is 53.7 Å². The first-order chi connectivity index (χ1) is 15.3. The van der Waals surface area contributed by atoms with E-state index in [1.165, 1.54) is 0 Å². The molecule has 1 fully saturated rings. The van der Waals surface area contributed by atoms with Gasteiger partial charge in [-0.3, -0.25) is 19.2 Å². The SMILES string of the molecule is CC(C)(C)C(=O)NC1CC/C=C\C2CNC(=O)C2CC(C#N)NC(=O)CNC1=O.CC(C)C. The van der Waals surface area contributed by atoms with E-state index in [1.807, 2.05) is 18.2 Å². The molecule has 2 heterocycles. The van der Waals surface area contributed by atoms with Crippen LogP contribution >= 0.6 is 0 Å². The summed E-state index contributed by atoms with van der Waals surface area (Å²) in [6.45, 7) is 11.9. The van der Waals surface area contributed by atoms with Crippen molar-refractivity contribution in [1.29, 1.82) is 5.26 Å². The van der Waals surface area contributed by atoms with Crippen LogP contribution in [-0.4, -0.2) is 48.8 Å². The number of carbonyl (C=O) groups excluding carboxylic acids is 4.